The van der Waals surface area contributed by atoms with Crippen molar-refractivity contribution in [2.45, 2.75) is 103 Å². The van der Waals surface area contributed by atoms with Crippen LogP contribution in [-0.2, 0) is 73.1 Å². The normalized spacial score (nSPS) is 22.1. The van der Waals surface area contributed by atoms with Crippen LogP contribution < -0.4 is 27.6 Å². The van der Waals surface area contributed by atoms with E-state index in [2.05, 4.69) is 28.6 Å². The minimum Gasteiger partial charge on any atom is -1.00 e. The van der Waals surface area contributed by atoms with E-state index in [0.29, 0.717) is 62.0 Å². The number of methoxy groups -OCH3 is 2. The average molecular weight is 999 g/mol. The average Bonchev–Trinajstić information content (AvgIpc) is 3.99. The van der Waals surface area contributed by atoms with Gasteiger partial charge in [-0.2, -0.15) is 0 Å². The lowest BCUT2D eigenvalue weighted by Gasteiger charge is -2.47. The number of benzene rings is 3. The van der Waals surface area contributed by atoms with Crippen LogP contribution in [0.5, 0.6) is 0 Å². The predicted octanol–water partition coefficient (Wildman–Crippen LogP) is 2.76. The van der Waals surface area contributed by atoms with Crippen molar-refractivity contribution in [3.63, 3.8) is 0 Å². The van der Waals surface area contributed by atoms with Crippen molar-refractivity contribution in [3.05, 3.63) is 119 Å². The van der Waals surface area contributed by atoms with E-state index < -0.39 is 59.9 Å². The van der Waals surface area contributed by atoms with Crippen LogP contribution in [0.4, 0.5) is 0 Å². The molecule has 0 radical (unpaired) electrons. The van der Waals surface area contributed by atoms with Gasteiger partial charge in [-0.3, -0.25) is 19.2 Å². The van der Waals surface area contributed by atoms with Gasteiger partial charge in [-0.25, -0.2) is 9.59 Å². The number of aromatic nitrogens is 1. The number of esters is 3. The standard InChI is InChI=1S/C52H63N5O10.BrH/c1-6-34(3)46(49(61)54-42(50(62)67-33-37-19-12-9-13-20-37)26-45(59)66-32-36-17-10-8-11-18-36)55-48(60)43-23-16-24-56(43)44(58)31-57-28-35(7-2)25-38(29-57)27-52(65-5,51(63)64-4)47-40(30-57)39-21-14-15-22-41(39)53-47;/h8-15,17-22,25,34,38,42-43,46,53H,6-7,16,23-24,26-33H2,1-5H3,(H-,54,55,60,61);1H/t34-,38-,42-,43-,46-,52-,57?;/m0./s1. The van der Waals surface area contributed by atoms with E-state index in [-0.39, 0.29) is 54.5 Å². The molecular formula is C52H64BrN5O10. The first-order chi connectivity index (χ1) is 32.3. The number of halogens is 1. The van der Waals surface area contributed by atoms with E-state index >= 15 is 0 Å². The number of carbonyl (C=O) groups excluding carboxylic acids is 6. The molecule has 3 aliphatic heterocycles. The van der Waals surface area contributed by atoms with Gasteiger partial charge in [0, 0.05) is 42.5 Å². The Morgan fingerprint density at radius 3 is 2.18 bits per heavy atom. The molecule has 2 bridgehead atoms. The summed E-state index contributed by atoms with van der Waals surface area (Å²) in [6.45, 7) is 7.78. The molecular weight excluding hydrogens is 935 g/mol. The van der Waals surface area contributed by atoms with Crippen molar-refractivity contribution in [3.8, 4) is 0 Å². The van der Waals surface area contributed by atoms with E-state index in [4.69, 9.17) is 18.9 Å². The van der Waals surface area contributed by atoms with Crippen LogP contribution >= 0.6 is 0 Å². The van der Waals surface area contributed by atoms with Gasteiger partial charge in [-0.05, 0) is 47.9 Å². The highest BCUT2D eigenvalue weighted by molar-refractivity contribution is 5.95. The zero-order valence-electron chi connectivity index (χ0n) is 39.6. The monoisotopic (exact) mass is 997 g/mol. The Kier molecular flexibility index (Phi) is 17.4. The van der Waals surface area contributed by atoms with Gasteiger partial charge in [0.2, 0.25) is 17.4 Å². The molecule has 364 valence electrons. The van der Waals surface area contributed by atoms with Crippen LogP contribution in [-0.4, -0.2) is 109 Å². The van der Waals surface area contributed by atoms with Gasteiger partial charge < -0.3 is 60.9 Å². The summed E-state index contributed by atoms with van der Waals surface area (Å²) in [5.74, 6) is -3.88. The molecule has 7 rings (SSSR count). The quantitative estimate of drug-likeness (QED) is 0.0581. The third kappa shape index (κ3) is 11.5. The van der Waals surface area contributed by atoms with Gasteiger partial charge >= 0.3 is 17.9 Å². The summed E-state index contributed by atoms with van der Waals surface area (Å²) in [7, 11) is 2.90. The van der Waals surface area contributed by atoms with Crippen LogP contribution in [0.3, 0.4) is 0 Å². The lowest BCUT2D eigenvalue weighted by Crippen LogP contribution is -3.00. The maximum absolute atomic E-state index is 14.8. The number of ether oxygens (including phenoxy) is 4. The summed E-state index contributed by atoms with van der Waals surface area (Å²) in [4.78, 5) is 89.2. The number of nitrogens with one attached hydrogen (secondary N) is 3. The van der Waals surface area contributed by atoms with Crippen LogP contribution in [0, 0.1) is 11.8 Å². The smallest absolute Gasteiger partial charge is 0.344 e. The molecule has 7 atom stereocenters. The highest BCUT2D eigenvalue weighted by Crippen LogP contribution is 2.45. The molecule has 68 heavy (non-hydrogen) atoms. The number of hydrogen-bond donors (Lipinski definition) is 3. The Labute approximate surface area is 408 Å². The molecule has 1 saturated heterocycles. The number of aromatic amines is 1. The summed E-state index contributed by atoms with van der Waals surface area (Å²) in [6, 6.07) is 22.6. The number of para-hydroxylation sites is 1. The van der Waals surface area contributed by atoms with Crippen molar-refractivity contribution in [1.82, 2.24) is 20.5 Å². The molecule has 3 aromatic carbocycles. The van der Waals surface area contributed by atoms with E-state index in [9.17, 15) is 28.8 Å². The molecule has 3 N–H and O–H groups in total. The van der Waals surface area contributed by atoms with Crippen molar-refractivity contribution < 1.29 is 69.2 Å². The second kappa shape index (κ2) is 23.0. The highest BCUT2D eigenvalue weighted by atomic mass is 79.9. The topological polar surface area (TPSA) is 182 Å². The maximum atomic E-state index is 14.8. The second-order valence-corrected chi connectivity index (χ2v) is 18.3. The van der Waals surface area contributed by atoms with Crippen LogP contribution in [0.25, 0.3) is 10.9 Å². The Balaban J connectivity index is 0.00000761. The molecule has 15 nitrogen and oxygen atoms in total. The molecule has 3 aliphatic rings. The van der Waals surface area contributed by atoms with Gasteiger partial charge in [0.1, 0.15) is 44.4 Å². The largest absolute Gasteiger partial charge is 1.00 e. The van der Waals surface area contributed by atoms with Crippen molar-refractivity contribution in [2.75, 3.05) is 40.4 Å². The molecule has 16 heteroatoms. The molecule has 0 saturated carbocycles. The molecule has 1 fully saturated rings. The zero-order chi connectivity index (χ0) is 47.7. The second-order valence-electron chi connectivity index (χ2n) is 18.3. The number of nitrogens with zero attached hydrogens (tertiary/aromatic N) is 2. The Bertz CT molecular complexity index is 2460. The first kappa shape index (κ1) is 51.5. The van der Waals surface area contributed by atoms with Gasteiger partial charge in [-0.1, -0.05) is 112 Å². The molecule has 4 heterocycles. The Morgan fingerprint density at radius 2 is 1.53 bits per heavy atom. The van der Waals surface area contributed by atoms with E-state index in [1.807, 2.05) is 74.5 Å². The number of likely N-dealkylation sites (tertiary alicyclic amines) is 1. The number of quaternary nitrogens is 1. The summed E-state index contributed by atoms with van der Waals surface area (Å²) < 4.78 is 23.0. The van der Waals surface area contributed by atoms with E-state index in [1.54, 1.807) is 29.2 Å². The predicted molar refractivity (Wildman–Crippen MR) is 249 cm³/mol. The number of amides is 3. The lowest BCUT2D eigenvalue weighted by molar-refractivity contribution is -0.934. The molecule has 1 unspecified atom stereocenters. The van der Waals surface area contributed by atoms with Gasteiger partial charge in [0.05, 0.1) is 25.8 Å². The minimum absolute atomic E-state index is 0. The molecule has 0 aliphatic carbocycles. The minimum atomic E-state index is -1.41. The van der Waals surface area contributed by atoms with Gasteiger partial charge in [-0.15, -0.1) is 0 Å². The van der Waals surface area contributed by atoms with Crippen LogP contribution in [0.15, 0.2) is 96.6 Å². The maximum Gasteiger partial charge on any atom is 0.344 e. The number of H-pyrrole nitrogens is 1. The number of carbonyl (C=O) groups is 6. The number of rotatable bonds is 18. The Morgan fingerprint density at radius 1 is 0.868 bits per heavy atom. The van der Waals surface area contributed by atoms with Crippen molar-refractivity contribution in [1.29, 1.82) is 0 Å². The number of hydrogen-bond acceptors (Lipinski definition) is 10. The molecule has 3 amide bonds. The van der Waals surface area contributed by atoms with Crippen molar-refractivity contribution in [2.24, 2.45) is 11.8 Å². The van der Waals surface area contributed by atoms with Crippen LogP contribution in [0.2, 0.25) is 0 Å². The first-order valence-electron chi connectivity index (χ1n) is 23.4. The summed E-state index contributed by atoms with van der Waals surface area (Å²) in [5.41, 5.74) is 3.61. The third-order valence-electron chi connectivity index (χ3n) is 13.8. The summed E-state index contributed by atoms with van der Waals surface area (Å²) in [6.07, 6.45) is 4.29. The van der Waals surface area contributed by atoms with E-state index in [1.165, 1.54) is 19.8 Å². The zero-order valence-corrected chi connectivity index (χ0v) is 41.2. The fourth-order valence-corrected chi connectivity index (χ4v) is 10.1. The third-order valence-corrected chi connectivity index (χ3v) is 13.8. The Hall–Kier alpha value is -5.84. The molecule has 1 aromatic heterocycles. The van der Waals surface area contributed by atoms with Crippen molar-refractivity contribution >= 4 is 46.5 Å². The fraction of sp³-hybridized carbons (Fsp3) is 0.462. The van der Waals surface area contributed by atoms with Gasteiger partial charge in [0.15, 0.2) is 6.54 Å². The summed E-state index contributed by atoms with van der Waals surface area (Å²) in [5, 5.41) is 6.59. The molecule has 4 aromatic rings. The number of fused-ring (bicyclic) bond motifs is 5. The SMILES string of the molecule is CCC1=C[C@H]2C[C@@](OC)(C(=O)OC)c3[nH]c4ccccc4c3C[N+](CC(=O)N3CCC[C@H]3C(=O)N[C@H](C(=O)N[C@@H](CC(=O)OCc3ccccc3)C(=O)OCc3ccccc3)[C@@H](C)CC)(C1)C2.[Br-]. The lowest BCUT2D eigenvalue weighted by atomic mass is 9.79. The van der Waals surface area contributed by atoms with Crippen LogP contribution in [0.1, 0.15) is 81.7 Å². The van der Waals surface area contributed by atoms with E-state index in [0.717, 1.165) is 34.0 Å². The first-order valence-corrected chi connectivity index (χ1v) is 23.4. The highest BCUT2D eigenvalue weighted by Gasteiger charge is 2.53. The fourth-order valence-electron chi connectivity index (χ4n) is 10.1. The molecule has 0 spiro atoms. The van der Waals surface area contributed by atoms with Gasteiger partial charge in [0.25, 0.3) is 5.91 Å². The summed E-state index contributed by atoms with van der Waals surface area (Å²) >= 11 is 0.